The first-order valence-corrected chi connectivity index (χ1v) is 6.92. The number of hydrogen-bond acceptors (Lipinski definition) is 4. The Morgan fingerprint density at radius 2 is 2.11 bits per heavy atom. The van der Waals surface area contributed by atoms with Crippen LogP contribution >= 0.6 is 11.6 Å². The standard InChI is InChI=1S/C13H18ClN5/c1-2-3-4-5-9-19-13(16-17-18-19)12-10(14)7-6-8-11(12)15/h6-8H,2-5,9,15H2,1H3. The van der Waals surface area contributed by atoms with Gasteiger partial charge in [-0.15, -0.1) is 5.10 Å². The van der Waals surface area contributed by atoms with Crippen LogP contribution in [0.5, 0.6) is 0 Å². The molecule has 0 amide bonds. The first-order chi connectivity index (χ1) is 9.24. The highest BCUT2D eigenvalue weighted by molar-refractivity contribution is 6.33. The van der Waals surface area contributed by atoms with Crippen molar-refractivity contribution in [3.05, 3.63) is 23.2 Å². The third-order valence-corrected chi connectivity index (χ3v) is 3.34. The smallest absolute Gasteiger partial charge is 0.185 e. The van der Waals surface area contributed by atoms with Gasteiger partial charge in [0.15, 0.2) is 5.82 Å². The fraction of sp³-hybridized carbons (Fsp3) is 0.462. The molecule has 2 rings (SSSR count). The van der Waals surface area contributed by atoms with Gasteiger partial charge < -0.3 is 5.73 Å². The molecule has 0 aliphatic carbocycles. The van der Waals surface area contributed by atoms with Crippen LogP contribution in [0.25, 0.3) is 11.4 Å². The van der Waals surface area contributed by atoms with E-state index >= 15 is 0 Å². The van der Waals surface area contributed by atoms with Crippen LogP contribution in [0.2, 0.25) is 5.02 Å². The molecule has 102 valence electrons. The van der Waals surface area contributed by atoms with Gasteiger partial charge in [-0.1, -0.05) is 43.9 Å². The highest BCUT2D eigenvalue weighted by Crippen LogP contribution is 2.31. The molecule has 0 atom stereocenters. The second kappa shape index (κ2) is 6.52. The molecule has 0 saturated heterocycles. The highest BCUT2D eigenvalue weighted by atomic mass is 35.5. The van der Waals surface area contributed by atoms with E-state index in [0.717, 1.165) is 13.0 Å². The average molecular weight is 280 g/mol. The number of nitrogens with two attached hydrogens (primary N) is 1. The van der Waals surface area contributed by atoms with Gasteiger partial charge >= 0.3 is 0 Å². The van der Waals surface area contributed by atoms with Crippen molar-refractivity contribution in [2.75, 3.05) is 5.73 Å². The molecular weight excluding hydrogens is 262 g/mol. The quantitative estimate of drug-likeness (QED) is 0.651. The molecular formula is C13H18ClN5. The topological polar surface area (TPSA) is 69.6 Å². The summed E-state index contributed by atoms with van der Waals surface area (Å²) in [6.07, 6.45) is 4.66. The Kier molecular flexibility index (Phi) is 4.74. The third kappa shape index (κ3) is 3.23. The predicted molar refractivity (Wildman–Crippen MR) is 76.8 cm³/mol. The number of hydrogen-bond donors (Lipinski definition) is 1. The summed E-state index contributed by atoms with van der Waals surface area (Å²) in [5, 5.41) is 12.4. The molecule has 1 aromatic heterocycles. The Balaban J connectivity index is 2.19. The van der Waals surface area contributed by atoms with Crippen LogP contribution in [0.3, 0.4) is 0 Å². The molecule has 0 unspecified atom stereocenters. The van der Waals surface area contributed by atoms with Crippen LogP contribution in [0.15, 0.2) is 18.2 Å². The summed E-state index contributed by atoms with van der Waals surface area (Å²) in [4.78, 5) is 0. The lowest BCUT2D eigenvalue weighted by Crippen LogP contribution is -2.05. The van der Waals surface area contributed by atoms with Crippen molar-refractivity contribution in [1.29, 1.82) is 0 Å². The predicted octanol–water partition coefficient (Wildman–Crippen LogP) is 3.16. The minimum Gasteiger partial charge on any atom is -0.398 e. The Morgan fingerprint density at radius 1 is 1.26 bits per heavy atom. The molecule has 2 aromatic rings. The van der Waals surface area contributed by atoms with Crippen molar-refractivity contribution >= 4 is 17.3 Å². The molecule has 2 N–H and O–H groups in total. The van der Waals surface area contributed by atoms with Crippen LogP contribution in [0, 0.1) is 0 Å². The minimum absolute atomic E-state index is 0.574. The molecule has 0 aliphatic heterocycles. The maximum absolute atomic E-state index is 6.19. The van der Waals surface area contributed by atoms with Crippen molar-refractivity contribution in [3.63, 3.8) is 0 Å². The Labute approximate surface area is 117 Å². The zero-order valence-electron chi connectivity index (χ0n) is 11.0. The van der Waals surface area contributed by atoms with Gasteiger partial charge in [0, 0.05) is 12.2 Å². The molecule has 0 aliphatic rings. The minimum atomic E-state index is 0.574. The van der Waals surface area contributed by atoms with Gasteiger partial charge in [0.2, 0.25) is 0 Å². The van der Waals surface area contributed by atoms with Gasteiger partial charge in [0.05, 0.1) is 10.6 Å². The molecule has 0 bridgehead atoms. The monoisotopic (exact) mass is 279 g/mol. The number of aryl methyl sites for hydroxylation is 1. The Bertz CT molecular complexity index is 517. The lowest BCUT2D eigenvalue weighted by molar-refractivity contribution is 0.531. The van der Waals surface area contributed by atoms with Gasteiger partial charge in [-0.3, -0.25) is 0 Å². The molecule has 19 heavy (non-hydrogen) atoms. The summed E-state index contributed by atoms with van der Waals surface area (Å²) in [6, 6.07) is 5.41. The fourth-order valence-corrected chi connectivity index (χ4v) is 2.27. The Morgan fingerprint density at radius 3 is 2.84 bits per heavy atom. The van der Waals surface area contributed by atoms with Crippen LogP contribution in [-0.4, -0.2) is 20.2 Å². The number of benzene rings is 1. The molecule has 1 aromatic carbocycles. The molecule has 5 nitrogen and oxygen atoms in total. The number of aromatic nitrogens is 4. The summed E-state index contributed by atoms with van der Waals surface area (Å²) < 4.78 is 1.77. The maximum atomic E-state index is 6.19. The number of anilines is 1. The molecule has 0 fully saturated rings. The van der Waals surface area contributed by atoms with Crippen molar-refractivity contribution in [2.45, 2.75) is 39.2 Å². The fourth-order valence-electron chi connectivity index (χ4n) is 2.00. The number of halogens is 1. The maximum Gasteiger partial charge on any atom is 0.185 e. The van der Waals surface area contributed by atoms with Gasteiger partial charge in [0.1, 0.15) is 0 Å². The zero-order chi connectivity index (χ0) is 13.7. The van der Waals surface area contributed by atoms with E-state index in [1.54, 1.807) is 16.8 Å². The summed E-state index contributed by atoms with van der Waals surface area (Å²) in [7, 11) is 0. The van der Waals surface area contributed by atoms with Crippen LogP contribution in [-0.2, 0) is 6.54 Å². The van der Waals surface area contributed by atoms with Crippen molar-refractivity contribution in [1.82, 2.24) is 20.2 Å². The van der Waals surface area contributed by atoms with Crippen molar-refractivity contribution < 1.29 is 0 Å². The lowest BCUT2D eigenvalue weighted by atomic mass is 10.1. The summed E-state index contributed by atoms with van der Waals surface area (Å²) in [5.41, 5.74) is 7.27. The molecule has 6 heteroatoms. The summed E-state index contributed by atoms with van der Waals surface area (Å²) in [6.45, 7) is 2.97. The van der Waals surface area contributed by atoms with Crippen molar-refractivity contribution in [2.24, 2.45) is 0 Å². The molecule has 0 radical (unpaired) electrons. The van der Waals surface area contributed by atoms with Crippen LogP contribution in [0.1, 0.15) is 32.6 Å². The number of unbranched alkanes of at least 4 members (excludes halogenated alkanes) is 3. The highest BCUT2D eigenvalue weighted by Gasteiger charge is 2.14. The van der Waals surface area contributed by atoms with Crippen LogP contribution in [0.4, 0.5) is 5.69 Å². The van der Waals surface area contributed by atoms with E-state index in [-0.39, 0.29) is 0 Å². The zero-order valence-corrected chi connectivity index (χ0v) is 11.8. The number of rotatable bonds is 6. The summed E-state index contributed by atoms with van der Waals surface area (Å²) in [5.74, 6) is 0.639. The van der Waals surface area contributed by atoms with Gasteiger partial charge in [-0.2, -0.15) is 0 Å². The first kappa shape index (κ1) is 13.8. The van der Waals surface area contributed by atoms with Crippen LogP contribution < -0.4 is 5.73 Å². The third-order valence-electron chi connectivity index (χ3n) is 3.02. The average Bonchev–Trinajstić information content (AvgIpc) is 2.83. The van der Waals surface area contributed by atoms with E-state index in [9.17, 15) is 0 Å². The van der Waals surface area contributed by atoms with E-state index in [4.69, 9.17) is 17.3 Å². The molecule has 1 heterocycles. The number of nitrogen functional groups attached to an aromatic ring is 1. The van der Waals surface area contributed by atoms with Gasteiger partial charge in [0.25, 0.3) is 0 Å². The van der Waals surface area contributed by atoms with E-state index in [1.807, 2.05) is 6.07 Å². The van der Waals surface area contributed by atoms with E-state index in [0.29, 0.717) is 22.1 Å². The van der Waals surface area contributed by atoms with E-state index < -0.39 is 0 Å². The first-order valence-electron chi connectivity index (χ1n) is 6.54. The van der Waals surface area contributed by atoms with Crippen molar-refractivity contribution in [3.8, 4) is 11.4 Å². The number of nitrogens with zero attached hydrogens (tertiary/aromatic N) is 4. The van der Waals surface area contributed by atoms with Gasteiger partial charge in [-0.25, -0.2) is 4.68 Å². The number of tetrazole rings is 1. The van der Waals surface area contributed by atoms with E-state index in [1.165, 1.54) is 19.3 Å². The second-order valence-electron chi connectivity index (χ2n) is 4.49. The SMILES string of the molecule is CCCCCCn1nnnc1-c1c(N)cccc1Cl. The Hall–Kier alpha value is -1.62. The lowest BCUT2D eigenvalue weighted by Gasteiger charge is -2.08. The normalized spacial score (nSPS) is 10.8. The van der Waals surface area contributed by atoms with E-state index in [2.05, 4.69) is 22.4 Å². The second-order valence-corrected chi connectivity index (χ2v) is 4.90. The largest absolute Gasteiger partial charge is 0.398 e. The summed E-state index contributed by atoms with van der Waals surface area (Å²) >= 11 is 6.19. The van der Waals surface area contributed by atoms with Gasteiger partial charge in [-0.05, 0) is 29.0 Å². The molecule has 0 saturated carbocycles. The molecule has 0 spiro atoms.